The lowest BCUT2D eigenvalue weighted by molar-refractivity contribution is 0.0688. The van der Waals surface area contributed by atoms with Gasteiger partial charge in [0.2, 0.25) is 5.95 Å². The highest BCUT2D eigenvalue weighted by Crippen LogP contribution is 2.40. The van der Waals surface area contributed by atoms with Crippen LogP contribution in [0.3, 0.4) is 0 Å². The lowest BCUT2D eigenvalue weighted by Gasteiger charge is -2.40. The van der Waals surface area contributed by atoms with E-state index in [1.54, 1.807) is 42.7 Å². The van der Waals surface area contributed by atoms with Crippen LogP contribution in [0.2, 0.25) is 18.1 Å². The van der Waals surface area contributed by atoms with Gasteiger partial charge in [0.25, 0.3) is 10.0 Å². The number of ether oxygens (including phenoxy) is 1. The molecule has 1 amide bonds. The van der Waals surface area contributed by atoms with E-state index in [1.165, 1.54) is 17.3 Å². The van der Waals surface area contributed by atoms with Crippen molar-refractivity contribution in [3.8, 4) is 16.9 Å². The van der Waals surface area contributed by atoms with Gasteiger partial charge in [0.1, 0.15) is 11.9 Å². The number of sulfonamides is 1. The highest BCUT2D eigenvalue weighted by Gasteiger charge is 2.40. The van der Waals surface area contributed by atoms with Crippen LogP contribution in [0.1, 0.15) is 44.4 Å². The van der Waals surface area contributed by atoms with E-state index in [0.717, 1.165) is 22.3 Å². The Balaban J connectivity index is 1.27. The molecule has 0 radical (unpaired) electrons. The molecule has 2 aromatic heterocycles. The van der Waals surface area contributed by atoms with Crippen molar-refractivity contribution in [2.75, 3.05) is 17.8 Å². The van der Waals surface area contributed by atoms with Gasteiger partial charge in [0.05, 0.1) is 24.1 Å². The van der Waals surface area contributed by atoms with Gasteiger partial charge in [-0.1, -0.05) is 45.0 Å². The van der Waals surface area contributed by atoms with Crippen molar-refractivity contribution in [3.05, 3.63) is 96.6 Å². The summed E-state index contributed by atoms with van der Waals surface area (Å²) in [7, 11) is -6.07. The normalized spacial score (nSPS) is 15.6. The molecular formula is C34H41N5O6SSi. The van der Waals surface area contributed by atoms with Crippen molar-refractivity contribution >= 4 is 30.4 Å². The fourth-order valence-electron chi connectivity index (χ4n) is 5.10. The number of carboxylic acid groups (broad SMARTS) is 1. The number of hydrogen-bond donors (Lipinski definition) is 2. The van der Waals surface area contributed by atoms with Gasteiger partial charge in [-0.05, 0) is 89.6 Å². The smallest absolute Gasteiger partial charge is 0.407 e. The molecule has 47 heavy (non-hydrogen) atoms. The Kier molecular flexibility index (Phi) is 9.99. The molecule has 5 rings (SSSR count). The van der Waals surface area contributed by atoms with Gasteiger partial charge in [0, 0.05) is 24.8 Å². The van der Waals surface area contributed by atoms with Gasteiger partial charge < -0.3 is 19.2 Å². The summed E-state index contributed by atoms with van der Waals surface area (Å²) in [6.45, 7) is 11.2. The lowest BCUT2D eigenvalue weighted by atomic mass is 9.97. The molecule has 11 nitrogen and oxygen atoms in total. The van der Waals surface area contributed by atoms with Crippen LogP contribution in [-0.4, -0.2) is 67.0 Å². The van der Waals surface area contributed by atoms with Gasteiger partial charge in [-0.25, -0.2) is 27.9 Å². The first kappa shape index (κ1) is 34.0. The van der Waals surface area contributed by atoms with E-state index >= 15 is 0 Å². The third-order valence-corrected chi connectivity index (χ3v) is 14.6. The zero-order valence-corrected chi connectivity index (χ0v) is 29.1. The van der Waals surface area contributed by atoms with Gasteiger partial charge in [-0.15, -0.1) is 0 Å². The Morgan fingerprint density at radius 3 is 2.40 bits per heavy atom. The number of pyridine rings is 1. The SMILES string of the molecule is CC(C)(C)[Si](C)(C)O[C@@H](CN(C[C@H]1CCc2cc(-c3ccc(S(=O)(=O)Nc4ncccn4)cc3)ccc2O1)C(=O)O)c1cccnc1. The van der Waals surface area contributed by atoms with E-state index in [1.807, 2.05) is 30.3 Å². The first-order chi connectivity index (χ1) is 22.2. The van der Waals surface area contributed by atoms with Gasteiger partial charge >= 0.3 is 6.09 Å². The van der Waals surface area contributed by atoms with Crippen LogP contribution < -0.4 is 9.46 Å². The molecule has 2 aromatic carbocycles. The molecule has 1 aliphatic heterocycles. The number of nitrogens with one attached hydrogen (secondary N) is 1. The second kappa shape index (κ2) is 13.8. The number of aryl methyl sites for hydroxylation is 1. The van der Waals surface area contributed by atoms with Crippen LogP contribution in [0.5, 0.6) is 5.75 Å². The Morgan fingerprint density at radius 2 is 1.77 bits per heavy atom. The molecule has 0 unspecified atom stereocenters. The highest BCUT2D eigenvalue weighted by molar-refractivity contribution is 7.92. The molecular weight excluding hydrogens is 635 g/mol. The number of benzene rings is 2. The van der Waals surface area contributed by atoms with Crippen molar-refractivity contribution in [1.29, 1.82) is 0 Å². The van der Waals surface area contributed by atoms with Crippen LogP contribution in [-0.2, 0) is 20.9 Å². The topological polar surface area (TPSA) is 144 Å². The Labute approximate surface area is 277 Å². The Bertz CT molecular complexity index is 1790. The zero-order valence-electron chi connectivity index (χ0n) is 27.3. The highest BCUT2D eigenvalue weighted by atomic mass is 32.2. The van der Waals surface area contributed by atoms with Crippen molar-refractivity contribution in [2.24, 2.45) is 0 Å². The summed E-state index contributed by atoms with van der Waals surface area (Å²) in [5.41, 5.74) is 3.63. The summed E-state index contributed by atoms with van der Waals surface area (Å²) in [6, 6.07) is 17.8. The minimum absolute atomic E-state index is 0.00355. The van der Waals surface area contributed by atoms with Crippen molar-refractivity contribution in [1.82, 2.24) is 19.9 Å². The van der Waals surface area contributed by atoms with Gasteiger partial charge in [0.15, 0.2) is 8.32 Å². The molecule has 1 aliphatic rings. The van der Waals surface area contributed by atoms with Crippen molar-refractivity contribution in [2.45, 2.75) is 68.8 Å². The number of hydrogen-bond acceptors (Lipinski definition) is 8. The first-order valence-corrected chi connectivity index (χ1v) is 19.9. The molecule has 0 aliphatic carbocycles. The third kappa shape index (κ3) is 8.34. The average Bonchev–Trinajstić information content (AvgIpc) is 3.04. The van der Waals surface area contributed by atoms with Gasteiger partial charge in [-0.3, -0.25) is 4.98 Å². The van der Waals surface area contributed by atoms with E-state index in [2.05, 4.69) is 53.5 Å². The number of nitrogens with zero attached hydrogens (tertiary/aromatic N) is 4. The number of aromatic nitrogens is 3. The summed E-state index contributed by atoms with van der Waals surface area (Å²) in [5, 5.41) is 10.2. The first-order valence-electron chi connectivity index (χ1n) is 15.5. The summed E-state index contributed by atoms with van der Waals surface area (Å²) < 4.78 is 41.0. The maximum absolute atomic E-state index is 12.8. The maximum atomic E-state index is 12.8. The van der Waals surface area contributed by atoms with Crippen LogP contribution in [0, 0.1) is 0 Å². The van der Waals surface area contributed by atoms with Crippen molar-refractivity contribution in [3.63, 3.8) is 0 Å². The molecule has 0 fully saturated rings. The predicted molar refractivity (Wildman–Crippen MR) is 182 cm³/mol. The van der Waals surface area contributed by atoms with Crippen LogP contribution >= 0.6 is 0 Å². The Morgan fingerprint density at radius 1 is 1.06 bits per heavy atom. The summed E-state index contributed by atoms with van der Waals surface area (Å²) in [4.78, 5) is 26.1. The second-order valence-corrected chi connectivity index (χ2v) is 19.6. The number of rotatable bonds is 11. The van der Waals surface area contributed by atoms with E-state index < -0.39 is 30.5 Å². The number of anilines is 1. The Hall–Kier alpha value is -4.33. The van der Waals surface area contributed by atoms with E-state index in [4.69, 9.17) is 9.16 Å². The quantitative estimate of drug-likeness (QED) is 0.165. The fraction of sp³-hybridized carbons (Fsp3) is 0.353. The minimum atomic E-state index is -3.84. The maximum Gasteiger partial charge on any atom is 0.407 e. The molecule has 0 bridgehead atoms. The molecule has 2 atom stereocenters. The standard InChI is InChI=1S/C34H41N5O6SSi/c1-34(2,3)47(4,5)45-31(27-8-6-17-35-21-27)23-39(33(40)41)22-28-13-9-26-20-25(12-16-30(26)44-28)24-10-14-29(15-11-24)46(42,43)38-32-36-18-7-19-37-32/h6-8,10-12,14-21,28,31H,9,13,22-23H2,1-5H3,(H,40,41)(H,36,37,38)/t28-,31+/m1/s1. The zero-order chi connectivity index (χ0) is 33.8. The predicted octanol–water partition coefficient (Wildman–Crippen LogP) is 6.78. The van der Waals surface area contributed by atoms with E-state index in [9.17, 15) is 18.3 Å². The van der Waals surface area contributed by atoms with E-state index in [0.29, 0.717) is 18.6 Å². The molecule has 4 aromatic rings. The molecule has 0 saturated carbocycles. The fourth-order valence-corrected chi connectivity index (χ4v) is 7.33. The largest absolute Gasteiger partial charge is 0.488 e. The second-order valence-electron chi connectivity index (χ2n) is 13.1. The molecule has 0 spiro atoms. The monoisotopic (exact) mass is 675 g/mol. The summed E-state index contributed by atoms with van der Waals surface area (Å²) in [6.07, 6.45) is 5.91. The number of fused-ring (bicyclic) bond motifs is 1. The molecule has 13 heteroatoms. The van der Waals surface area contributed by atoms with Crippen LogP contribution in [0.4, 0.5) is 10.7 Å². The number of carbonyl (C=O) groups is 1. The van der Waals surface area contributed by atoms with Gasteiger partial charge in [-0.2, -0.15) is 0 Å². The van der Waals surface area contributed by atoms with E-state index in [-0.39, 0.29) is 35.1 Å². The number of amides is 1. The summed E-state index contributed by atoms with van der Waals surface area (Å²) >= 11 is 0. The van der Waals surface area contributed by atoms with Crippen LogP contribution in [0.15, 0.2) is 90.3 Å². The third-order valence-electron chi connectivity index (χ3n) is 8.76. The summed E-state index contributed by atoms with van der Waals surface area (Å²) in [5.74, 6) is 0.715. The molecule has 0 saturated heterocycles. The lowest BCUT2D eigenvalue weighted by Crippen LogP contribution is -2.46. The molecule has 3 heterocycles. The average molecular weight is 676 g/mol. The minimum Gasteiger partial charge on any atom is -0.488 e. The molecule has 248 valence electrons. The van der Waals surface area contributed by atoms with Crippen molar-refractivity contribution < 1.29 is 27.5 Å². The van der Waals surface area contributed by atoms with Crippen LogP contribution in [0.25, 0.3) is 11.1 Å². The molecule has 2 N–H and O–H groups in total.